The Morgan fingerprint density at radius 2 is 1.92 bits per heavy atom. The average molecular weight is 339 g/mol. The van der Waals surface area contributed by atoms with Crippen LogP contribution in [0.4, 0.5) is 4.79 Å². The van der Waals surface area contributed by atoms with Crippen LogP contribution in [0.2, 0.25) is 0 Å². The second-order valence-electron chi connectivity index (χ2n) is 8.77. The fourth-order valence-electron chi connectivity index (χ4n) is 4.06. The third-order valence-electron chi connectivity index (χ3n) is 5.51. The number of ether oxygens (including phenoxy) is 1. The quantitative estimate of drug-likeness (QED) is 0.673. The summed E-state index contributed by atoms with van der Waals surface area (Å²) in [7, 11) is 0. The van der Waals surface area contributed by atoms with E-state index in [2.05, 4.69) is 12.2 Å². The van der Waals surface area contributed by atoms with Crippen LogP contribution in [0.25, 0.3) is 0 Å². The lowest BCUT2D eigenvalue weighted by Gasteiger charge is -2.54. The van der Waals surface area contributed by atoms with Crippen molar-refractivity contribution < 1.29 is 9.53 Å². The third-order valence-corrected chi connectivity index (χ3v) is 5.51. The molecule has 1 heterocycles. The Morgan fingerprint density at radius 1 is 1.21 bits per heavy atom. The minimum Gasteiger partial charge on any atom is -0.444 e. The van der Waals surface area contributed by atoms with Crippen LogP contribution in [0, 0.1) is 0 Å². The maximum atomic E-state index is 12.6. The van der Waals surface area contributed by atoms with Crippen LogP contribution in [0.15, 0.2) is 0 Å². The Morgan fingerprint density at radius 3 is 2.50 bits per heavy atom. The zero-order chi connectivity index (χ0) is 17.6. The smallest absolute Gasteiger partial charge is 0.410 e. The normalized spacial score (nSPS) is 23.2. The van der Waals surface area contributed by atoms with Gasteiger partial charge in [-0.3, -0.25) is 0 Å². The van der Waals surface area contributed by atoms with Crippen LogP contribution >= 0.6 is 0 Å². The molecular formula is C20H38N2O2. The first kappa shape index (κ1) is 19.6. The summed E-state index contributed by atoms with van der Waals surface area (Å²) >= 11 is 0. The minimum absolute atomic E-state index is 0.0699. The summed E-state index contributed by atoms with van der Waals surface area (Å²) in [4.78, 5) is 14.6. The monoisotopic (exact) mass is 338 g/mol. The van der Waals surface area contributed by atoms with Crippen molar-refractivity contribution in [3.63, 3.8) is 0 Å². The van der Waals surface area contributed by atoms with Gasteiger partial charge in [0.05, 0.1) is 0 Å². The zero-order valence-corrected chi connectivity index (χ0v) is 16.3. The molecule has 0 aromatic carbocycles. The van der Waals surface area contributed by atoms with Crippen molar-refractivity contribution >= 4 is 6.09 Å². The van der Waals surface area contributed by atoms with Crippen LogP contribution < -0.4 is 5.32 Å². The average Bonchev–Trinajstić information content (AvgIpc) is 2.47. The highest BCUT2D eigenvalue weighted by molar-refractivity contribution is 5.69. The fraction of sp³-hybridized carbons (Fsp3) is 0.950. The molecular weight excluding hydrogens is 300 g/mol. The minimum atomic E-state index is -0.407. The molecule has 4 heteroatoms. The molecule has 0 aromatic heterocycles. The van der Waals surface area contributed by atoms with Gasteiger partial charge in [0.2, 0.25) is 0 Å². The molecule has 1 saturated carbocycles. The molecule has 2 aliphatic rings. The Labute approximate surface area is 148 Å². The molecule has 0 bridgehead atoms. The van der Waals surface area contributed by atoms with E-state index in [0.717, 1.165) is 38.8 Å². The summed E-state index contributed by atoms with van der Waals surface area (Å²) < 4.78 is 5.65. The molecule has 0 aromatic rings. The summed E-state index contributed by atoms with van der Waals surface area (Å²) in [5.74, 6) is 0. The number of unbranched alkanes of at least 4 members (excludes halogenated alkanes) is 4. The van der Waals surface area contributed by atoms with Gasteiger partial charge in [0.15, 0.2) is 0 Å². The molecule has 1 aliphatic carbocycles. The molecule has 1 atom stereocenters. The van der Waals surface area contributed by atoms with Crippen molar-refractivity contribution in [2.24, 2.45) is 0 Å². The predicted molar refractivity (Wildman–Crippen MR) is 99.3 cm³/mol. The van der Waals surface area contributed by atoms with Gasteiger partial charge in [0.25, 0.3) is 0 Å². The van der Waals surface area contributed by atoms with Crippen molar-refractivity contribution in [1.29, 1.82) is 0 Å². The summed E-state index contributed by atoms with van der Waals surface area (Å²) in [6.07, 6.45) is 12.2. The summed E-state index contributed by atoms with van der Waals surface area (Å²) in [6, 6.07) is 0.565. The number of amides is 1. The van der Waals surface area contributed by atoms with Gasteiger partial charge in [-0.1, -0.05) is 32.6 Å². The molecule has 0 radical (unpaired) electrons. The van der Waals surface area contributed by atoms with Crippen LogP contribution in [0.5, 0.6) is 0 Å². The molecule has 1 amide bonds. The fourth-order valence-corrected chi connectivity index (χ4v) is 4.06. The van der Waals surface area contributed by atoms with E-state index in [9.17, 15) is 4.79 Å². The molecule has 24 heavy (non-hydrogen) atoms. The summed E-state index contributed by atoms with van der Waals surface area (Å²) in [5, 5.41) is 3.75. The van der Waals surface area contributed by atoms with E-state index in [4.69, 9.17) is 4.74 Å². The second-order valence-corrected chi connectivity index (χ2v) is 8.77. The van der Waals surface area contributed by atoms with Gasteiger partial charge >= 0.3 is 6.09 Å². The van der Waals surface area contributed by atoms with Crippen molar-refractivity contribution in [2.75, 3.05) is 13.1 Å². The third kappa shape index (κ3) is 5.37. The number of nitrogens with zero attached hydrogens (tertiary/aromatic N) is 1. The van der Waals surface area contributed by atoms with Gasteiger partial charge in [0, 0.05) is 18.1 Å². The molecule has 2 fully saturated rings. The Kier molecular flexibility index (Phi) is 6.97. The first-order valence-corrected chi connectivity index (χ1v) is 10.1. The summed E-state index contributed by atoms with van der Waals surface area (Å²) in [5.41, 5.74) is -0.337. The molecule has 1 saturated heterocycles. The van der Waals surface area contributed by atoms with E-state index in [1.54, 1.807) is 0 Å². The number of likely N-dealkylation sites (tertiary alicyclic amines) is 1. The molecule has 1 unspecified atom stereocenters. The Hall–Kier alpha value is -0.770. The van der Waals surface area contributed by atoms with Crippen molar-refractivity contribution in [3.8, 4) is 0 Å². The Bertz CT molecular complexity index is 399. The molecule has 1 N–H and O–H groups in total. The SMILES string of the molecule is CCCCCCCNC1CCN(C(=O)OC(C)(C)C)C2(CCC2)C1. The lowest BCUT2D eigenvalue weighted by Crippen LogP contribution is -2.63. The number of hydrogen-bond acceptors (Lipinski definition) is 3. The topological polar surface area (TPSA) is 41.6 Å². The number of carbonyl (C=O) groups excluding carboxylic acids is 1. The summed E-state index contributed by atoms with van der Waals surface area (Å²) in [6.45, 7) is 10.1. The van der Waals surface area contributed by atoms with Gasteiger partial charge in [0.1, 0.15) is 5.60 Å². The van der Waals surface area contributed by atoms with Crippen LogP contribution in [-0.2, 0) is 4.74 Å². The maximum absolute atomic E-state index is 12.6. The van der Waals surface area contributed by atoms with E-state index in [-0.39, 0.29) is 11.6 Å². The van der Waals surface area contributed by atoms with E-state index in [0.29, 0.717) is 6.04 Å². The predicted octanol–water partition coefficient (Wildman–Crippen LogP) is 4.87. The van der Waals surface area contributed by atoms with Gasteiger partial charge < -0.3 is 15.0 Å². The number of piperidine rings is 1. The van der Waals surface area contributed by atoms with Gasteiger partial charge in [-0.2, -0.15) is 0 Å². The van der Waals surface area contributed by atoms with Gasteiger partial charge in [-0.15, -0.1) is 0 Å². The first-order valence-electron chi connectivity index (χ1n) is 10.1. The highest BCUT2D eigenvalue weighted by atomic mass is 16.6. The Balaban J connectivity index is 1.78. The lowest BCUT2D eigenvalue weighted by molar-refractivity contribution is -0.0492. The largest absolute Gasteiger partial charge is 0.444 e. The van der Waals surface area contributed by atoms with E-state index < -0.39 is 5.60 Å². The second kappa shape index (κ2) is 8.55. The highest BCUT2D eigenvalue weighted by Gasteiger charge is 2.49. The van der Waals surface area contributed by atoms with Crippen LogP contribution in [-0.4, -0.2) is 41.3 Å². The number of rotatable bonds is 7. The molecule has 1 spiro atoms. The van der Waals surface area contributed by atoms with Crippen LogP contribution in [0.1, 0.15) is 91.9 Å². The van der Waals surface area contributed by atoms with Crippen molar-refractivity contribution in [2.45, 2.75) is 109 Å². The first-order chi connectivity index (χ1) is 11.4. The molecule has 2 rings (SSSR count). The number of hydrogen-bond donors (Lipinski definition) is 1. The zero-order valence-electron chi connectivity index (χ0n) is 16.3. The molecule has 140 valence electrons. The number of nitrogens with one attached hydrogen (secondary N) is 1. The lowest BCUT2D eigenvalue weighted by atomic mass is 9.69. The highest BCUT2D eigenvalue weighted by Crippen LogP contribution is 2.45. The maximum Gasteiger partial charge on any atom is 0.410 e. The van der Waals surface area contributed by atoms with Crippen molar-refractivity contribution in [3.05, 3.63) is 0 Å². The van der Waals surface area contributed by atoms with E-state index >= 15 is 0 Å². The van der Waals surface area contributed by atoms with E-state index in [1.165, 1.54) is 38.5 Å². The standard InChI is InChI=1S/C20H38N2O2/c1-5-6-7-8-9-14-21-17-11-15-22(18(23)24-19(2,3)4)20(16-17)12-10-13-20/h17,21H,5-16H2,1-4H3. The number of carbonyl (C=O) groups is 1. The van der Waals surface area contributed by atoms with Gasteiger partial charge in [-0.25, -0.2) is 4.79 Å². The molecule has 1 aliphatic heterocycles. The van der Waals surface area contributed by atoms with Crippen molar-refractivity contribution in [1.82, 2.24) is 10.2 Å². The van der Waals surface area contributed by atoms with Crippen LogP contribution in [0.3, 0.4) is 0 Å². The van der Waals surface area contributed by atoms with Gasteiger partial charge in [-0.05, 0) is 65.8 Å². The van der Waals surface area contributed by atoms with E-state index in [1.807, 2.05) is 25.7 Å². The molecule has 4 nitrogen and oxygen atoms in total.